The van der Waals surface area contributed by atoms with Crippen LogP contribution < -0.4 is 4.74 Å². The summed E-state index contributed by atoms with van der Waals surface area (Å²) in [5.74, 6) is -3.96. The number of hydrogen-bond donors (Lipinski definition) is 0. The molecule has 0 unspecified atom stereocenters. The Hall–Kier alpha value is -1.11. The van der Waals surface area contributed by atoms with Crippen molar-refractivity contribution in [1.82, 2.24) is 0 Å². The maximum Gasteiger partial charge on any atom is 0.455 e. The van der Waals surface area contributed by atoms with Gasteiger partial charge >= 0.3 is 6.18 Å². The molecular weight excluding hydrogens is 308 g/mol. The van der Waals surface area contributed by atoms with Crippen LogP contribution in [0.3, 0.4) is 0 Å². The zero-order chi connectivity index (χ0) is 13.2. The van der Waals surface area contributed by atoms with Crippen LogP contribution in [0, 0.1) is 5.82 Å². The number of halogens is 5. The van der Waals surface area contributed by atoms with Gasteiger partial charge in [-0.25, -0.2) is 4.39 Å². The standard InChI is InChI=1S/C10H7BrF4O2/c1-2-17-6-4-3-5(11)8(12)7(6)9(16)10(13,14)15/h3-4H,2H2,1H3. The van der Waals surface area contributed by atoms with Crippen molar-refractivity contribution in [3.8, 4) is 5.75 Å². The number of carbonyl (C=O) groups excluding carboxylic acids is 1. The molecule has 0 atom stereocenters. The summed E-state index contributed by atoms with van der Waals surface area (Å²) in [5.41, 5.74) is -1.10. The van der Waals surface area contributed by atoms with Crippen molar-refractivity contribution in [2.45, 2.75) is 13.1 Å². The highest BCUT2D eigenvalue weighted by atomic mass is 79.9. The number of rotatable bonds is 3. The van der Waals surface area contributed by atoms with Crippen molar-refractivity contribution < 1.29 is 27.1 Å². The van der Waals surface area contributed by atoms with Gasteiger partial charge in [0.15, 0.2) is 5.82 Å². The number of ether oxygens (including phenoxy) is 1. The Kier molecular flexibility index (Phi) is 4.13. The van der Waals surface area contributed by atoms with Crippen LogP contribution in [0.25, 0.3) is 0 Å². The van der Waals surface area contributed by atoms with Gasteiger partial charge in [-0.2, -0.15) is 13.2 Å². The average Bonchev–Trinajstić information content (AvgIpc) is 2.22. The SMILES string of the molecule is CCOc1ccc(Br)c(F)c1C(=O)C(F)(F)F. The molecule has 0 aromatic heterocycles. The molecule has 0 saturated carbocycles. The van der Waals surface area contributed by atoms with Crippen molar-refractivity contribution in [1.29, 1.82) is 0 Å². The van der Waals surface area contributed by atoms with E-state index < -0.39 is 29.1 Å². The molecule has 0 amide bonds. The van der Waals surface area contributed by atoms with Crippen molar-refractivity contribution >= 4 is 21.7 Å². The maximum absolute atomic E-state index is 13.5. The smallest absolute Gasteiger partial charge is 0.455 e. The molecule has 0 aliphatic heterocycles. The minimum Gasteiger partial charge on any atom is -0.493 e. The van der Waals surface area contributed by atoms with Gasteiger partial charge in [0.1, 0.15) is 11.3 Å². The molecule has 1 aromatic carbocycles. The normalized spacial score (nSPS) is 11.4. The second-order valence-corrected chi connectivity index (χ2v) is 3.85. The summed E-state index contributed by atoms with van der Waals surface area (Å²) in [6, 6.07) is 2.28. The number of hydrogen-bond acceptors (Lipinski definition) is 2. The molecule has 0 fully saturated rings. The highest BCUT2D eigenvalue weighted by Gasteiger charge is 2.42. The Bertz CT molecular complexity index is 443. The topological polar surface area (TPSA) is 26.3 Å². The van der Waals surface area contributed by atoms with Gasteiger partial charge < -0.3 is 4.74 Å². The molecule has 2 nitrogen and oxygen atoms in total. The molecule has 94 valence electrons. The second kappa shape index (κ2) is 5.03. The summed E-state index contributed by atoms with van der Waals surface area (Å²) < 4.78 is 54.9. The summed E-state index contributed by atoms with van der Waals surface area (Å²) in [5, 5.41) is 0. The zero-order valence-electron chi connectivity index (χ0n) is 8.57. The van der Waals surface area contributed by atoms with Gasteiger partial charge in [-0.05, 0) is 35.0 Å². The molecule has 0 spiro atoms. The van der Waals surface area contributed by atoms with Gasteiger partial charge in [-0.1, -0.05) is 0 Å². The van der Waals surface area contributed by atoms with Crippen molar-refractivity contribution in [3.63, 3.8) is 0 Å². The Balaban J connectivity index is 3.38. The van der Waals surface area contributed by atoms with E-state index in [1.54, 1.807) is 0 Å². The van der Waals surface area contributed by atoms with Crippen LogP contribution in [-0.4, -0.2) is 18.6 Å². The van der Waals surface area contributed by atoms with E-state index in [4.69, 9.17) is 4.74 Å². The molecule has 0 heterocycles. The quantitative estimate of drug-likeness (QED) is 0.627. The van der Waals surface area contributed by atoms with E-state index in [0.717, 1.165) is 6.07 Å². The first-order valence-electron chi connectivity index (χ1n) is 4.51. The summed E-state index contributed by atoms with van der Waals surface area (Å²) in [6.07, 6.45) is -5.15. The Labute approximate surface area is 103 Å². The van der Waals surface area contributed by atoms with E-state index in [1.807, 2.05) is 0 Å². The lowest BCUT2D eigenvalue weighted by Gasteiger charge is -2.12. The molecule has 0 saturated heterocycles. The van der Waals surface area contributed by atoms with Gasteiger partial charge in [-0.3, -0.25) is 4.79 Å². The third-order valence-corrected chi connectivity index (χ3v) is 2.45. The third kappa shape index (κ3) is 2.96. The maximum atomic E-state index is 13.5. The lowest BCUT2D eigenvalue weighted by molar-refractivity contribution is -0.0889. The number of alkyl halides is 3. The van der Waals surface area contributed by atoms with E-state index in [2.05, 4.69) is 15.9 Å². The molecule has 1 rings (SSSR count). The van der Waals surface area contributed by atoms with E-state index in [0.29, 0.717) is 0 Å². The van der Waals surface area contributed by atoms with Gasteiger partial charge in [0.25, 0.3) is 5.78 Å². The highest BCUT2D eigenvalue weighted by molar-refractivity contribution is 9.10. The molecule has 0 bridgehead atoms. The Morgan fingerprint density at radius 3 is 2.47 bits per heavy atom. The van der Waals surface area contributed by atoms with E-state index in [-0.39, 0.29) is 11.1 Å². The number of benzene rings is 1. The minimum atomic E-state index is -5.15. The number of Topliss-reactive ketones (excluding diaryl/α,β-unsaturated/α-hetero) is 1. The first-order chi connectivity index (χ1) is 7.79. The first-order valence-corrected chi connectivity index (χ1v) is 5.30. The van der Waals surface area contributed by atoms with Crippen molar-refractivity contribution in [2.75, 3.05) is 6.61 Å². The predicted molar refractivity (Wildman–Crippen MR) is 55.7 cm³/mol. The number of carbonyl (C=O) groups is 1. The molecule has 0 aliphatic rings. The zero-order valence-corrected chi connectivity index (χ0v) is 10.2. The Morgan fingerprint density at radius 1 is 1.41 bits per heavy atom. The lowest BCUT2D eigenvalue weighted by atomic mass is 10.1. The van der Waals surface area contributed by atoms with Crippen LogP contribution >= 0.6 is 15.9 Å². The molecule has 1 aromatic rings. The van der Waals surface area contributed by atoms with Crippen LogP contribution in [-0.2, 0) is 0 Å². The largest absolute Gasteiger partial charge is 0.493 e. The van der Waals surface area contributed by atoms with Gasteiger partial charge in [-0.15, -0.1) is 0 Å². The summed E-state index contributed by atoms with van der Waals surface area (Å²) in [4.78, 5) is 11.1. The van der Waals surface area contributed by atoms with Crippen LogP contribution in [0.4, 0.5) is 17.6 Å². The fraction of sp³-hybridized carbons (Fsp3) is 0.300. The van der Waals surface area contributed by atoms with Crippen LogP contribution in [0.5, 0.6) is 5.75 Å². The van der Waals surface area contributed by atoms with E-state index in [1.165, 1.54) is 13.0 Å². The van der Waals surface area contributed by atoms with E-state index >= 15 is 0 Å². The van der Waals surface area contributed by atoms with Gasteiger partial charge in [0.2, 0.25) is 0 Å². The van der Waals surface area contributed by atoms with Crippen LogP contribution in [0.15, 0.2) is 16.6 Å². The van der Waals surface area contributed by atoms with Gasteiger partial charge in [0, 0.05) is 0 Å². The summed E-state index contributed by atoms with van der Waals surface area (Å²) in [6.45, 7) is 1.54. The molecule has 0 radical (unpaired) electrons. The fourth-order valence-corrected chi connectivity index (χ4v) is 1.49. The second-order valence-electron chi connectivity index (χ2n) is 2.99. The molecule has 0 aliphatic carbocycles. The van der Waals surface area contributed by atoms with Crippen molar-refractivity contribution in [2.24, 2.45) is 0 Å². The van der Waals surface area contributed by atoms with E-state index in [9.17, 15) is 22.4 Å². The van der Waals surface area contributed by atoms with Crippen LogP contribution in [0.1, 0.15) is 17.3 Å². The van der Waals surface area contributed by atoms with Crippen molar-refractivity contribution in [3.05, 3.63) is 28.0 Å². The summed E-state index contributed by atoms with van der Waals surface area (Å²) >= 11 is 2.72. The fourth-order valence-electron chi connectivity index (χ4n) is 1.16. The average molecular weight is 315 g/mol. The minimum absolute atomic E-state index is 0.0270. The molecule has 0 N–H and O–H groups in total. The monoisotopic (exact) mass is 314 g/mol. The van der Waals surface area contributed by atoms with Crippen LogP contribution in [0.2, 0.25) is 0 Å². The summed E-state index contributed by atoms with van der Waals surface area (Å²) in [7, 11) is 0. The Morgan fingerprint density at radius 2 is 2.00 bits per heavy atom. The lowest BCUT2D eigenvalue weighted by Crippen LogP contribution is -2.24. The van der Waals surface area contributed by atoms with Gasteiger partial charge in [0.05, 0.1) is 11.1 Å². The predicted octanol–water partition coefficient (Wildman–Crippen LogP) is 3.73. The molecule has 17 heavy (non-hydrogen) atoms. The number of ketones is 1. The molecule has 7 heteroatoms. The third-order valence-electron chi connectivity index (χ3n) is 1.84. The highest BCUT2D eigenvalue weighted by Crippen LogP contribution is 2.33. The first kappa shape index (κ1) is 14.0. The molecular formula is C10H7BrF4O2.